The van der Waals surface area contributed by atoms with Crippen LogP contribution >= 0.6 is 0 Å². The number of carbonyl (C=O) groups is 2. The van der Waals surface area contributed by atoms with Crippen molar-refractivity contribution in [3.63, 3.8) is 0 Å². The number of ketones is 1. The number of benzene rings is 3. The van der Waals surface area contributed by atoms with E-state index in [1.54, 1.807) is 36.4 Å². The largest absolute Gasteiger partial charge is 0.351 e. The molecular formula is C26H18N4O3. The maximum Gasteiger partial charge on any atom is 0.294 e. The number of amides is 1. The second-order valence-electron chi connectivity index (χ2n) is 7.35. The molecule has 0 bridgehead atoms. The van der Waals surface area contributed by atoms with Crippen LogP contribution < -0.4 is 5.32 Å². The van der Waals surface area contributed by atoms with Crippen molar-refractivity contribution in [1.29, 1.82) is 0 Å². The molecule has 2 aromatic heterocycles. The molecule has 0 aliphatic rings. The summed E-state index contributed by atoms with van der Waals surface area (Å²) >= 11 is 0. The van der Waals surface area contributed by atoms with E-state index >= 15 is 0 Å². The lowest BCUT2D eigenvalue weighted by atomic mass is 10.0. The Bertz CT molecular complexity index is 1470. The van der Waals surface area contributed by atoms with Gasteiger partial charge >= 0.3 is 0 Å². The van der Waals surface area contributed by atoms with Gasteiger partial charge in [0.2, 0.25) is 5.76 Å². The molecule has 0 aliphatic heterocycles. The van der Waals surface area contributed by atoms with Gasteiger partial charge in [0.15, 0.2) is 5.78 Å². The van der Waals surface area contributed by atoms with E-state index in [1.807, 2.05) is 48.6 Å². The Hall–Kier alpha value is -4.78. The van der Waals surface area contributed by atoms with Crippen LogP contribution in [0.2, 0.25) is 0 Å². The Morgan fingerprint density at radius 3 is 2.55 bits per heavy atom. The molecule has 5 aromatic rings. The highest BCUT2D eigenvalue weighted by atomic mass is 16.5. The Morgan fingerprint density at radius 2 is 1.73 bits per heavy atom. The van der Waals surface area contributed by atoms with E-state index in [4.69, 9.17) is 4.52 Å². The molecule has 7 nitrogen and oxygen atoms in total. The Labute approximate surface area is 188 Å². The van der Waals surface area contributed by atoms with Crippen molar-refractivity contribution in [2.75, 3.05) is 5.32 Å². The number of carbonyl (C=O) groups excluding carboxylic acids is 2. The first-order chi connectivity index (χ1) is 16.2. The van der Waals surface area contributed by atoms with Gasteiger partial charge in [-0.2, -0.15) is 5.10 Å². The van der Waals surface area contributed by atoms with E-state index in [-0.39, 0.29) is 11.5 Å². The molecule has 7 heteroatoms. The van der Waals surface area contributed by atoms with Gasteiger partial charge in [-0.05, 0) is 35.9 Å². The third-order valence-electron chi connectivity index (χ3n) is 5.13. The second-order valence-corrected chi connectivity index (χ2v) is 7.35. The molecule has 2 N–H and O–H groups in total. The van der Waals surface area contributed by atoms with Gasteiger partial charge in [-0.1, -0.05) is 59.8 Å². The van der Waals surface area contributed by atoms with Gasteiger partial charge in [-0.3, -0.25) is 14.7 Å². The highest BCUT2D eigenvalue weighted by molar-refractivity contribution is 6.11. The van der Waals surface area contributed by atoms with Crippen molar-refractivity contribution in [2.24, 2.45) is 0 Å². The molecule has 1 amide bonds. The van der Waals surface area contributed by atoms with Crippen LogP contribution in [0.15, 0.2) is 89.6 Å². The zero-order chi connectivity index (χ0) is 22.6. The Balaban J connectivity index is 1.36. The summed E-state index contributed by atoms with van der Waals surface area (Å²) in [5.41, 5.74) is 4.10. The summed E-state index contributed by atoms with van der Waals surface area (Å²) in [5, 5.41) is 14.5. The van der Waals surface area contributed by atoms with Crippen LogP contribution in [0.4, 0.5) is 5.69 Å². The molecule has 160 valence electrons. The van der Waals surface area contributed by atoms with Gasteiger partial charge in [-0.25, -0.2) is 0 Å². The van der Waals surface area contributed by atoms with Gasteiger partial charge < -0.3 is 9.84 Å². The first kappa shape index (κ1) is 20.1. The zero-order valence-corrected chi connectivity index (χ0v) is 17.4. The average Bonchev–Trinajstić information content (AvgIpc) is 3.53. The van der Waals surface area contributed by atoms with Crippen molar-refractivity contribution in [1.82, 2.24) is 15.4 Å². The van der Waals surface area contributed by atoms with Crippen LogP contribution in [0.5, 0.6) is 0 Å². The van der Waals surface area contributed by atoms with E-state index in [9.17, 15) is 9.59 Å². The highest BCUT2D eigenvalue weighted by Crippen LogP contribution is 2.22. The molecule has 0 spiro atoms. The molecule has 0 saturated heterocycles. The van der Waals surface area contributed by atoms with Crippen LogP contribution in [-0.2, 0) is 0 Å². The summed E-state index contributed by atoms with van der Waals surface area (Å²) in [7, 11) is 0. The SMILES string of the molecule is O=C(c1cccc(NC(=O)c2ccno2)c1)c1ccc2c(C=Cc3ccccc3)n[nH]c2c1. The lowest BCUT2D eigenvalue weighted by Crippen LogP contribution is -2.11. The number of rotatable bonds is 6. The number of aromatic nitrogens is 3. The molecule has 33 heavy (non-hydrogen) atoms. The van der Waals surface area contributed by atoms with Crippen molar-refractivity contribution < 1.29 is 14.1 Å². The summed E-state index contributed by atoms with van der Waals surface area (Å²) in [6.07, 6.45) is 5.33. The number of hydrogen-bond acceptors (Lipinski definition) is 5. The van der Waals surface area contributed by atoms with E-state index in [2.05, 4.69) is 20.7 Å². The van der Waals surface area contributed by atoms with Crippen LogP contribution in [0.1, 0.15) is 37.7 Å². The fraction of sp³-hybridized carbons (Fsp3) is 0. The maximum absolute atomic E-state index is 13.1. The molecule has 2 heterocycles. The molecule has 3 aromatic carbocycles. The van der Waals surface area contributed by atoms with Crippen molar-refractivity contribution in [3.05, 3.63) is 113 Å². The summed E-state index contributed by atoms with van der Waals surface area (Å²) in [6, 6.07) is 23.6. The third kappa shape index (κ3) is 4.33. The lowest BCUT2D eigenvalue weighted by molar-refractivity contribution is 0.0986. The molecule has 0 aliphatic carbocycles. The number of hydrogen-bond donors (Lipinski definition) is 2. The number of anilines is 1. The highest BCUT2D eigenvalue weighted by Gasteiger charge is 2.14. The van der Waals surface area contributed by atoms with Crippen LogP contribution in [0.3, 0.4) is 0 Å². The number of H-pyrrole nitrogens is 1. The summed E-state index contributed by atoms with van der Waals surface area (Å²) < 4.78 is 4.86. The van der Waals surface area contributed by atoms with Crippen LogP contribution in [-0.4, -0.2) is 27.0 Å². The van der Waals surface area contributed by atoms with E-state index in [1.165, 1.54) is 12.3 Å². The van der Waals surface area contributed by atoms with Crippen molar-refractivity contribution in [2.45, 2.75) is 0 Å². The summed E-state index contributed by atoms with van der Waals surface area (Å²) in [5.74, 6) is -0.510. The minimum absolute atomic E-state index is 0.0912. The van der Waals surface area contributed by atoms with Gasteiger partial charge in [0.1, 0.15) is 0 Å². The van der Waals surface area contributed by atoms with Crippen LogP contribution in [0, 0.1) is 0 Å². The van der Waals surface area contributed by atoms with Crippen molar-refractivity contribution in [3.8, 4) is 0 Å². The molecule has 0 saturated carbocycles. The van der Waals surface area contributed by atoms with E-state index < -0.39 is 5.91 Å². The normalized spacial score (nSPS) is 11.2. The summed E-state index contributed by atoms with van der Waals surface area (Å²) in [6.45, 7) is 0. The minimum atomic E-state index is -0.438. The first-order valence-corrected chi connectivity index (χ1v) is 10.3. The second kappa shape index (κ2) is 8.76. The summed E-state index contributed by atoms with van der Waals surface area (Å²) in [4.78, 5) is 25.3. The topological polar surface area (TPSA) is 101 Å². The van der Waals surface area contributed by atoms with Gasteiger partial charge in [-0.15, -0.1) is 0 Å². The monoisotopic (exact) mass is 434 g/mol. The Morgan fingerprint density at radius 1 is 0.879 bits per heavy atom. The Kier molecular flexibility index (Phi) is 5.35. The smallest absolute Gasteiger partial charge is 0.294 e. The fourth-order valence-electron chi connectivity index (χ4n) is 3.48. The zero-order valence-electron chi connectivity index (χ0n) is 17.4. The molecule has 0 fully saturated rings. The quantitative estimate of drug-likeness (QED) is 0.358. The van der Waals surface area contributed by atoms with E-state index in [0.717, 1.165) is 22.2 Å². The van der Waals surface area contributed by atoms with Crippen molar-refractivity contribution >= 4 is 40.4 Å². The van der Waals surface area contributed by atoms with E-state index in [0.29, 0.717) is 16.8 Å². The van der Waals surface area contributed by atoms with Gasteiger partial charge in [0, 0.05) is 28.3 Å². The maximum atomic E-state index is 13.1. The number of fused-ring (bicyclic) bond motifs is 1. The first-order valence-electron chi connectivity index (χ1n) is 10.3. The lowest BCUT2D eigenvalue weighted by Gasteiger charge is -2.06. The molecule has 0 radical (unpaired) electrons. The standard InChI is InChI=1S/C26H18N4O3/c31-25(18-7-4-8-20(15-18)28-26(32)24-13-14-27-33-24)19-10-11-21-22(29-30-23(21)16-19)12-9-17-5-2-1-3-6-17/h1-16H,(H,28,32)(H,29,30). The van der Waals surface area contributed by atoms with Gasteiger partial charge in [0.05, 0.1) is 17.4 Å². The predicted octanol–water partition coefficient (Wildman–Crippen LogP) is 5.20. The predicted molar refractivity (Wildman–Crippen MR) is 126 cm³/mol. The molecule has 5 rings (SSSR count). The average molecular weight is 434 g/mol. The molecule has 0 unspecified atom stereocenters. The minimum Gasteiger partial charge on any atom is -0.351 e. The van der Waals surface area contributed by atoms with Crippen LogP contribution in [0.25, 0.3) is 23.1 Å². The van der Waals surface area contributed by atoms with Gasteiger partial charge in [0.25, 0.3) is 5.91 Å². The number of aromatic amines is 1. The number of nitrogens with zero attached hydrogens (tertiary/aromatic N) is 2. The molecule has 0 atom stereocenters. The number of nitrogens with one attached hydrogen (secondary N) is 2. The fourth-order valence-corrected chi connectivity index (χ4v) is 3.48. The third-order valence-corrected chi connectivity index (χ3v) is 5.13. The molecular weight excluding hydrogens is 416 g/mol.